The molecule has 3 rings (SSSR count). The monoisotopic (exact) mass is 387 g/mol. The second-order valence-electron chi connectivity index (χ2n) is 7.63. The zero-order chi connectivity index (χ0) is 20.4. The van der Waals surface area contributed by atoms with E-state index in [-0.39, 0.29) is 24.9 Å². The number of aryl methyl sites for hydroxylation is 1. The van der Waals surface area contributed by atoms with Gasteiger partial charge in [-0.05, 0) is 37.8 Å². The van der Waals surface area contributed by atoms with E-state index < -0.39 is 29.7 Å². The zero-order valence-corrected chi connectivity index (χ0v) is 16.1. The molecule has 28 heavy (non-hydrogen) atoms. The van der Waals surface area contributed by atoms with Gasteiger partial charge in [0.1, 0.15) is 6.04 Å². The number of nitrogens with zero attached hydrogens (tertiary/aromatic N) is 2. The highest BCUT2D eigenvalue weighted by molar-refractivity contribution is 6.35. The molecule has 1 aromatic rings. The van der Waals surface area contributed by atoms with E-state index >= 15 is 0 Å². The average Bonchev–Trinajstić information content (AvgIpc) is 3.05. The molecule has 2 saturated heterocycles. The van der Waals surface area contributed by atoms with Crippen molar-refractivity contribution in [3.63, 3.8) is 0 Å². The molecule has 2 fully saturated rings. The van der Waals surface area contributed by atoms with Gasteiger partial charge in [0.2, 0.25) is 5.91 Å². The van der Waals surface area contributed by atoms with Gasteiger partial charge < -0.3 is 20.2 Å². The van der Waals surface area contributed by atoms with Crippen LogP contribution in [-0.4, -0.2) is 59.4 Å². The normalized spacial score (nSPS) is 24.9. The van der Waals surface area contributed by atoms with Crippen molar-refractivity contribution in [3.05, 3.63) is 29.8 Å². The standard InChI is InChI=1S/C20H25N3O5/c1-12-5-7-14(8-6-12)23-9-3-4-16(18(23)25)21-17(24)19(26)22-10-13(2)15(11-22)20(27)28/h5-8,13,15-16H,3-4,9-11H2,1-2H3,(H,21,24)(H,27,28)/t13-,15-,16?/m1/s1. The molecule has 2 heterocycles. The Bertz CT molecular complexity index is 792. The molecular formula is C20H25N3O5. The lowest BCUT2D eigenvalue weighted by molar-refractivity contribution is -0.147. The first-order valence-electron chi connectivity index (χ1n) is 9.48. The summed E-state index contributed by atoms with van der Waals surface area (Å²) in [5, 5.41) is 11.7. The van der Waals surface area contributed by atoms with E-state index in [1.165, 1.54) is 4.90 Å². The number of hydrogen-bond acceptors (Lipinski definition) is 4. The van der Waals surface area contributed by atoms with E-state index in [0.29, 0.717) is 19.4 Å². The van der Waals surface area contributed by atoms with Gasteiger partial charge in [-0.2, -0.15) is 0 Å². The molecule has 0 saturated carbocycles. The maximum atomic E-state index is 12.8. The van der Waals surface area contributed by atoms with Crippen LogP contribution in [-0.2, 0) is 19.2 Å². The molecule has 3 amide bonds. The molecule has 1 unspecified atom stereocenters. The van der Waals surface area contributed by atoms with Crippen LogP contribution in [0.25, 0.3) is 0 Å². The Balaban J connectivity index is 1.63. The van der Waals surface area contributed by atoms with E-state index in [0.717, 1.165) is 11.3 Å². The van der Waals surface area contributed by atoms with Gasteiger partial charge in [0.05, 0.1) is 5.92 Å². The highest BCUT2D eigenvalue weighted by Gasteiger charge is 2.40. The Morgan fingerprint density at radius 3 is 2.43 bits per heavy atom. The van der Waals surface area contributed by atoms with Gasteiger partial charge >= 0.3 is 17.8 Å². The number of carboxylic acids is 1. The molecule has 0 radical (unpaired) electrons. The van der Waals surface area contributed by atoms with Crippen molar-refractivity contribution in [1.82, 2.24) is 10.2 Å². The first-order valence-corrected chi connectivity index (χ1v) is 9.48. The Labute approximate surface area is 163 Å². The number of nitrogens with one attached hydrogen (secondary N) is 1. The lowest BCUT2D eigenvalue weighted by Gasteiger charge is -2.32. The summed E-state index contributed by atoms with van der Waals surface area (Å²) in [5.74, 6) is -3.75. The summed E-state index contributed by atoms with van der Waals surface area (Å²) in [7, 11) is 0. The molecule has 0 bridgehead atoms. The summed E-state index contributed by atoms with van der Waals surface area (Å²) in [6.45, 7) is 4.50. The maximum Gasteiger partial charge on any atom is 0.311 e. The second-order valence-corrected chi connectivity index (χ2v) is 7.63. The first-order chi connectivity index (χ1) is 13.3. The van der Waals surface area contributed by atoms with Crippen LogP contribution < -0.4 is 10.2 Å². The highest BCUT2D eigenvalue weighted by Crippen LogP contribution is 2.24. The van der Waals surface area contributed by atoms with Crippen molar-refractivity contribution >= 4 is 29.4 Å². The van der Waals surface area contributed by atoms with E-state index in [4.69, 9.17) is 0 Å². The van der Waals surface area contributed by atoms with Crippen LogP contribution in [0, 0.1) is 18.8 Å². The Morgan fingerprint density at radius 1 is 1.14 bits per heavy atom. The predicted octanol–water partition coefficient (Wildman–Crippen LogP) is 0.786. The fourth-order valence-corrected chi connectivity index (χ4v) is 3.81. The summed E-state index contributed by atoms with van der Waals surface area (Å²) in [4.78, 5) is 51.7. The number of aliphatic carboxylic acids is 1. The zero-order valence-electron chi connectivity index (χ0n) is 16.1. The Kier molecular flexibility index (Phi) is 5.67. The van der Waals surface area contributed by atoms with Crippen molar-refractivity contribution in [1.29, 1.82) is 0 Å². The van der Waals surface area contributed by atoms with Crippen molar-refractivity contribution in [2.75, 3.05) is 24.5 Å². The molecule has 0 aromatic heterocycles. The molecule has 2 aliphatic heterocycles. The van der Waals surface area contributed by atoms with Crippen LogP contribution >= 0.6 is 0 Å². The molecule has 8 nitrogen and oxygen atoms in total. The summed E-state index contributed by atoms with van der Waals surface area (Å²) in [5.41, 5.74) is 1.85. The SMILES string of the molecule is Cc1ccc(N2CCCC(NC(=O)C(=O)N3C[C@@H](C)[C@H](C(=O)O)C3)C2=O)cc1. The van der Waals surface area contributed by atoms with Crippen LogP contribution in [0.2, 0.25) is 0 Å². The minimum atomic E-state index is -0.973. The molecule has 1 aromatic carbocycles. The van der Waals surface area contributed by atoms with E-state index in [1.807, 2.05) is 31.2 Å². The van der Waals surface area contributed by atoms with Crippen molar-refractivity contribution in [2.45, 2.75) is 32.7 Å². The summed E-state index contributed by atoms with van der Waals surface area (Å²) < 4.78 is 0. The van der Waals surface area contributed by atoms with Gasteiger partial charge in [-0.3, -0.25) is 19.2 Å². The smallest absolute Gasteiger partial charge is 0.311 e. The van der Waals surface area contributed by atoms with Crippen molar-refractivity contribution < 1.29 is 24.3 Å². The van der Waals surface area contributed by atoms with Gasteiger partial charge in [-0.25, -0.2) is 0 Å². The number of amides is 3. The summed E-state index contributed by atoms with van der Waals surface area (Å²) in [6, 6.07) is 6.80. The molecule has 0 spiro atoms. The number of anilines is 1. The second kappa shape index (κ2) is 8.00. The van der Waals surface area contributed by atoms with E-state index in [2.05, 4.69) is 5.32 Å². The lowest BCUT2D eigenvalue weighted by atomic mass is 9.99. The van der Waals surface area contributed by atoms with Crippen LogP contribution in [0.15, 0.2) is 24.3 Å². The molecule has 0 aliphatic carbocycles. The average molecular weight is 387 g/mol. The van der Waals surface area contributed by atoms with Gasteiger partial charge in [-0.15, -0.1) is 0 Å². The highest BCUT2D eigenvalue weighted by atomic mass is 16.4. The fourth-order valence-electron chi connectivity index (χ4n) is 3.81. The molecule has 2 aliphatic rings. The third-order valence-corrected chi connectivity index (χ3v) is 5.50. The van der Waals surface area contributed by atoms with Crippen LogP contribution in [0.5, 0.6) is 0 Å². The number of likely N-dealkylation sites (tertiary alicyclic amines) is 1. The predicted molar refractivity (Wildman–Crippen MR) is 102 cm³/mol. The third kappa shape index (κ3) is 4.00. The van der Waals surface area contributed by atoms with Gasteiger partial charge in [-0.1, -0.05) is 24.6 Å². The number of piperidine rings is 1. The topological polar surface area (TPSA) is 107 Å². The van der Waals surface area contributed by atoms with E-state index in [9.17, 15) is 24.3 Å². The quantitative estimate of drug-likeness (QED) is 0.746. The largest absolute Gasteiger partial charge is 0.481 e. The van der Waals surface area contributed by atoms with Gasteiger partial charge in [0, 0.05) is 25.3 Å². The molecule has 2 N–H and O–H groups in total. The number of carboxylic acid groups (broad SMARTS) is 1. The summed E-state index contributed by atoms with van der Waals surface area (Å²) in [6.07, 6.45) is 1.18. The number of benzene rings is 1. The first kappa shape index (κ1) is 19.9. The van der Waals surface area contributed by atoms with E-state index in [1.54, 1.807) is 11.8 Å². The third-order valence-electron chi connectivity index (χ3n) is 5.50. The Morgan fingerprint density at radius 2 is 1.82 bits per heavy atom. The van der Waals surface area contributed by atoms with Crippen LogP contribution in [0.1, 0.15) is 25.3 Å². The minimum absolute atomic E-state index is 0.0108. The summed E-state index contributed by atoms with van der Waals surface area (Å²) >= 11 is 0. The molecular weight excluding hydrogens is 362 g/mol. The van der Waals surface area contributed by atoms with Gasteiger partial charge in [0.15, 0.2) is 0 Å². The number of hydrogen-bond donors (Lipinski definition) is 2. The molecule has 150 valence electrons. The number of carbonyl (C=O) groups excluding carboxylic acids is 3. The van der Waals surface area contributed by atoms with Crippen molar-refractivity contribution in [2.24, 2.45) is 11.8 Å². The number of carbonyl (C=O) groups is 4. The minimum Gasteiger partial charge on any atom is -0.481 e. The Hall–Kier alpha value is -2.90. The van der Waals surface area contributed by atoms with Crippen LogP contribution in [0.3, 0.4) is 0 Å². The maximum absolute atomic E-state index is 12.8. The van der Waals surface area contributed by atoms with Gasteiger partial charge in [0.25, 0.3) is 0 Å². The van der Waals surface area contributed by atoms with Crippen molar-refractivity contribution in [3.8, 4) is 0 Å². The fraction of sp³-hybridized carbons (Fsp3) is 0.500. The lowest BCUT2D eigenvalue weighted by Crippen LogP contribution is -2.55. The van der Waals surface area contributed by atoms with Crippen LogP contribution in [0.4, 0.5) is 5.69 Å². The molecule has 3 atom stereocenters. The number of rotatable bonds is 3. The molecule has 8 heteroatoms.